The topological polar surface area (TPSA) is 89.1 Å². The fourth-order valence-corrected chi connectivity index (χ4v) is 3.63. The second-order valence-electron chi connectivity index (χ2n) is 6.58. The number of hydrogen-bond donors (Lipinski definition) is 2. The van der Waals surface area contributed by atoms with Gasteiger partial charge in [-0.25, -0.2) is 4.98 Å². The first-order chi connectivity index (χ1) is 11.6. The van der Waals surface area contributed by atoms with Crippen LogP contribution >= 0.6 is 0 Å². The Kier molecular flexibility index (Phi) is 3.72. The molecule has 0 unspecified atom stereocenters. The number of pyridine rings is 1. The lowest BCUT2D eigenvalue weighted by Gasteiger charge is -2.27. The number of fused-ring (bicyclic) bond motifs is 1. The molecule has 0 aromatic carbocycles. The van der Waals surface area contributed by atoms with Gasteiger partial charge in [0.15, 0.2) is 0 Å². The predicted octanol–water partition coefficient (Wildman–Crippen LogP) is 1.08. The van der Waals surface area contributed by atoms with Crippen molar-refractivity contribution in [3.8, 4) is 11.1 Å². The van der Waals surface area contributed by atoms with Crippen molar-refractivity contribution >= 4 is 11.7 Å². The average molecular weight is 326 g/mol. The summed E-state index contributed by atoms with van der Waals surface area (Å²) < 4.78 is 2.05. The lowest BCUT2D eigenvalue weighted by atomic mass is 9.93. The first-order valence-electron chi connectivity index (χ1n) is 8.43. The average Bonchev–Trinajstić information content (AvgIpc) is 3.09. The van der Waals surface area contributed by atoms with Gasteiger partial charge >= 0.3 is 0 Å². The second kappa shape index (κ2) is 5.90. The molecule has 2 aliphatic heterocycles. The zero-order chi connectivity index (χ0) is 16.7. The van der Waals surface area contributed by atoms with Crippen LogP contribution in [0.15, 0.2) is 18.6 Å². The van der Waals surface area contributed by atoms with E-state index in [0.29, 0.717) is 24.0 Å². The number of nitrogens with zero attached hydrogens (tertiary/aromatic N) is 4. The van der Waals surface area contributed by atoms with E-state index in [0.717, 1.165) is 49.0 Å². The van der Waals surface area contributed by atoms with E-state index in [1.165, 1.54) is 0 Å². The first-order valence-corrected chi connectivity index (χ1v) is 8.43. The van der Waals surface area contributed by atoms with Gasteiger partial charge in [0.2, 0.25) is 0 Å². The van der Waals surface area contributed by atoms with E-state index in [-0.39, 0.29) is 5.91 Å². The summed E-state index contributed by atoms with van der Waals surface area (Å²) in [6, 6.07) is 0.435. The molecular formula is C17H22N6O. The Balaban J connectivity index is 1.73. The molecule has 7 heteroatoms. The summed E-state index contributed by atoms with van der Waals surface area (Å²) in [5, 5.41) is 7.93. The van der Waals surface area contributed by atoms with Crippen molar-refractivity contribution < 1.29 is 4.79 Å². The van der Waals surface area contributed by atoms with Gasteiger partial charge in [-0.3, -0.25) is 9.48 Å². The number of amides is 1. The van der Waals surface area contributed by atoms with E-state index < -0.39 is 0 Å². The molecule has 1 saturated heterocycles. The Morgan fingerprint density at radius 2 is 2.08 bits per heavy atom. The molecule has 4 rings (SSSR count). The summed E-state index contributed by atoms with van der Waals surface area (Å²) in [5.74, 6) is 0.268. The zero-order valence-corrected chi connectivity index (χ0v) is 13.8. The molecule has 0 spiro atoms. The van der Waals surface area contributed by atoms with Gasteiger partial charge in [0.1, 0.15) is 5.82 Å². The normalized spacial score (nSPS) is 18.7. The van der Waals surface area contributed by atoms with Crippen molar-refractivity contribution in [3.05, 3.63) is 29.7 Å². The van der Waals surface area contributed by atoms with Crippen LogP contribution in [0.25, 0.3) is 11.1 Å². The number of rotatable bonds is 2. The highest BCUT2D eigenvalue weighted by Gasteiger charge is 2.28. The molecule has 1 amide bonds. The van der Waals surface area contributed by atoms with Gasteiger partial charge in [-0.05, 0) is 37.9 Å². The molecular weight excluding hydrogens is 304 g/mol. The zero-order valence-electron chi connectivity index (χ0n) is 13.8. The van der Waals surface area contributed by atoms with Crippen molar-refractivity contribution in [1.29, 1.82) is 0 Å². The maximum Gasteiger partial charge on any atom is 0.257 e. The summed E-state index contributed by atoms with van der Waals surface area (Å²) in [5.41, 5.74) is 9.51. The monoisotopic (exact) mass is 326 g/mol. The number of nitrogen functional groups attached to an aromatic ring is 1. The van der Waals surface area contributed by atoms with Crippen molar-refractivity contribution in [2.75, 3.05) is 32.4 Å². The van der Waals surface area contributed by atoms with E-state index in [4.69, 9.17) is 5.73 Å². The van der Waals surface area contributed by atoms with Crippen LogP contribution in [0.2, 0.25) is 0 Å². The number of piperidine rings is 1. The minimum Gasteiger partial charge on any atom is -0.383 e. The molecule has 2 aromatic rings. The highest BCUT2D eigenvalue weighted by molar-refractivity contribution is 6.02. The van der Waals surface area contributed by atoms with Crippen molar-refractivity contribution in [2.24, 2.45) is 0 Å². The predicted molar refractivity (Wildman–Crippen MR) is 91.7 cm³/mol. The van der Waals surface area contributed by atoms with Crippen LogP contribution in [0.4, 0.5) is 5.82 Å². The fourth-order valence-electron chi connectivity index (χ4n) is 3.63. The number of hydrogen-bond acceptors (Lipinski definition) is 5. The van der Waals surface area contributed by atoms with Gasteiger partial charge < -0.3 is 16.0 Å². The van der Waals surface area contributed by atoms with Crippen LogP contribution < -0.4 is 11.1 Å². The van der Waals surface area contributed by atoms with Gasteiger partial charge in [-0.15, -0.1) is 0 Å². The molecule has 126 valence electrons. The van der Waals surface area contributed by atoms with Crippen LogP contribution in [0.3, 0.4) is 0 Å². The Morgan fingerprint density at radius 1 is 1.29 bits per heavy atom. The van der Waals surface area contributed by atoms with Crippen LogP contribution in [0.5, 0.6) is 0 Å². The molecule has 2 aliphatic rings. The maximum atomic E-state index is 12.5. The standard InChI is InChI=1S/C17H22N6O/c1-22-7-4-13-14(9-20-16(18)15(13)17(22)24)11-8-21-23(10-11)12-2-5-19-6-3-12/h8-10,12,19H,2-7H2,1H3,(H2,18,20). The number of nitrogens with two attached hydrogens (primary N) is 1. The Hall–Kier alpha value is -2.41. The largest absolute Gasteiger partial charge is 0.383 e. The number of likely N-dealkylation sites (N-methyl/N-ethyl adjacent to an activating group) is 1. The third-order valence-electron chi connectivity index (χ3n) is 5.07. The lowest BCUT2D eigenvalue weighted by Crippen LogP contribution is -2.35. The second-order valence-corrected chi connectivity index (χ2v) is 6.58. The molecule has 3 N–H and O–H groups in total. The van der Waals surface area contributed by atoms with Crippen molar-refractivity contribution in [3.63, 3.8) is 0 Å². The summed E-state index contributed by atoms with van der Waals surface area (Å²) >= 11 is 0. The molecule has 0 radical (unpaired) electrons. The third-order valence-corrected chi connectivity index (χ3v) is 5.07. The summed E-state index contributed by atoms with van der Waals surface area (Å²) in [6.07, 6.45) is 8.68. The van der Waals surface area contributed by atoms with E-state index >= 15 is 0 Å². The van der Waals surface area contributed by atoms with Crippen LogP contribution in [-0.4, -0.2) is 52.3 Å². The maximum absolute atomic E-state index is 12.5. The summed E-state index contributed by atoms with van der Waals surface area (Å²) in [4.78, 5) is 18.4. The third kappa shape index (κ3) is 2.45. The first kappa shape index (κ1) is 15.1. The van der Waals surface area contributed by atoms with Gasteiger partial charge in [-0.1, -0.05) is 0 Å². The van der Waals surface area contributed by atoms with Gasteiger partial charge in [0, 0.05) is 37.1 Å². The van der Waals surface area contributed by atoms with E-state index in [9.17, 15) is 4.79 Å². The van der Waals surface area contributed by atoms with Crippen molar-refractivity contribution in [1.82, 2.24) is 25.0 Å². The molecule has 0 aliphatic carbocycles. The molecule has 4 heterocycles. The molecule has 0 bridgehead atoms. The lowest BCUT2D eigenvalue weighted by molar-refractivity contribution is 0.0782. The fraction of sp³-hybridized carbons (Fsp3) is 0.471. The molecule has 0 saturated carbocycles. The van der Waals surface area contributed by atoms with Crippen LogP contribution in [-0.2, 0) is 6.42 Å². The summed E-state index contributed by atoms with van der Waals surface area (Å²) in [6.45, 7) is 2.75. The number of carbonyl (C=O) groups excluding carboxylic acids is 1. The smallest absolute Gasteiger partial charge is 0.257 e. The summed E-state index contributed by atoms with van der Waals surface area (Å²) in [7, 11) is 1.80. The Morgan fingerprint density at radius 3 is 2.88 bits per heavy atom. The number of nitrogens with one attached hydrogen (secondary N) is 1. The highest BCUT2D eigenvalue weighted by atomic mass is 16.2. The SMILES string of the molecule is CN1CCc2c(-c3cnn(C4CCNCC4)c3)cnc(N)c2C1=O. The number of anilines is 1. The van der Waals surface area contributed by atoms with Gasteiger partial charge in [-0.2, -0.15) is 5.10 Å². The number of aromatic nitrogens is 3. The molecule has 0 atom stereocenters. The van der Waals surface area contributed by atoms with E-state index in [2.05, 4.69) is 26.3 Å². The number of carbonyl (C=O) groups is 1. The highest BCUT2D eigenvalue weighted by Crippen LogP contribution is 2.32. The molecule has 1 fully saturated rings. The minimum atomic E-state index is -0.0474. The minimum absolute atomic E-state index is 0.0474. The van der Waals surface area contributed by atoms with Crippen molar-refractivity contribution in [2.45, 2.75) is 25.3 Å². The van der Waals surface area contributed by atoms with Gasteiger partial charge in [0.05, 0.1) is 17.8 Å². The molecule has 2 aromatic heterocycles. The van der Waals surface area contributed by atoms with E-state index in [1.807, 2.05) is 6.20 Å². The molecule has 7 nitrogen and oxygen atoms in total. The van der Waals surface area contributed by atoms with Crippen LogP contribution in [0.1, 0.15) is 34.8 Å². The Bertz CT molecular complexity index is 777. The van der Waals surface area contributed by atoms with Crippen LogP contribution in [0, 0.1) is 0 Å². The molecule has 24 heavy (non-hydrogen) atoms. The van der Waals surface area contributed by atoms with Gasteiger partial charge in [0.25, 0.3) is 5.91 Å². The van der Waals surface area contributed by atoms with E-state index in [1.54, 1.807) is 18.1 Å². The Labute approximate surface area is 140 Å². The quantitative estimate of drug-likeness (QED) is 0.862.